The Morgan fingerprint density at radius 2 is 2.20 bits per heavy atom. The molecule has 1 unspecified atom stereocenters. The van der Waals surface area contributed by atoms with Crippen molar-refractivity contribution < 1.29 is 18.7 Å². The summed E-state index contributed by atoms with van der Waals surface area (Å²) in [5.41, 5.74) is 0. The van der Waals surface area contributed by atoms with Gasteiger partial charge in [-0.2, -0.15) is 0 Å². The SMILES string of the molecule is C=CC(=O)OCCCC(C)OCCO[SiH3]. The summed E-state index contributed by atoms with van der Waals surface area (Å²) in [6, 6.07) is 0. The molecular weight excluding hydrogens is 212 g/mol. The van der Waals surface area contributed by atoms with E-state index in [9.17, 15) is 4.79 Å². The van der Waals surface area contributed by atoms with Crippen LogP contribution >= 0.6 is 0 Å². The van der Waals surface area contributed by atoms with Gasteiger partial charge in [-0.15, -0.1) is 0 Å². The molecule has 5 heteroatoms. The Kier molecular flexibility index (Phi) is 9.45. The van der Waals surface area contributed by atoms with Crippen molar-refractivity contribution in [1.82, 2.24) is 0 Å². The van der Waals surface area contributed by atoms with Crippen molar-refractivity contribution in [3.63, 3.8) is 0 Å². The van der Waals surface area contributed by atoms with E-state index >= 15 is 0 Å². The van der Waals surface area contributed by atoms with Gasteiger partial charge in [0.25, 0.3) is 0 Å². The van der Waals surface area contributed by atoms with Gasteiger partial charge in [-0.05, 0) is 19.8 Å². The summed E-state index contributed by atoms with van der Waals surface area (Å²) in [5.74, 6) is -0.368. The van der Waals surface area contributed by atoms with Gasteiger partial charge < -0.3 is 13.9 Å². The van der Waals surface area contributed by atoms with Crippen LogP contribution in [0.15, 0.2) is 12.7 Å². The fourth-order valence-electron chi connectivity index (χ4n) is 1.02. The molecule has 0 amide bonds. The lowest BCUT2D eigenvalue weighted by Gasteiger charge is -2.12. The fraction of sp³-hybridized carbons (Fsp3) is 0.700. The highest BCUT2D eigenvalue weighted by Gasteiger charge is 2.02. The van der Waals surface area contributed by atoms with Gasteiger partial charge in [0.2, 0.25) is 0 Å². The van der Waals surface area contributed by atoms with Crippen LogP contribution in [-0.4, -0.2) is 42.4 Å². The van der Waals surface area contributed by atoms with Crippen LogP contribution in [-0.2, 0) is 18.7 Å². The smallest absolute Gasteiger partial charge is 0.330 e. The highest BCUT2D eigenvalue weighted by atomic mass is 28.2. The molecular formula is C10H20O4Si. The topological polar surface area (TPSA) is 44.8 Å². The van der Waals surface area contributed by atoms with E-state index in [1.165, 1.54) is 6.08 Å². The summed E-state index contributed by atoms with van der Waals surface area (Å²) in [6.45, 7) is 7.05. The lowest BCUT2D eigenvalue weighted by atomic mass is 10.2. The molecule has 15 heavy (non-hydrogen) atoms. The van der Waals surface area contributed by atoms with Crippen LogP contribution in [0.1, 0.15) is 19.8 Å². The van der Waals surface area contributed by atoms with Crippen molar-refractivity contribution >= 4 is 16.5 Å². The van der Waals surface area contributed by atoms with Crippen LogP contribution in [0.25, 0.3) is 0 Å². The quantitative estimate of drug-likeness (QED) is 0.246. The van der Waals surface area contributed by atoms with E-state index in [0.29, 0.717) is 19.8 Å². The third-order valence-corrected chi connectivity index (χ3v) is 2.26. The molecule has 1 atom stereocenters. The van der Waals surface area contributed by atoms with Crippen molar-refractivity contribution in [2.24, 2.45) is 0 Å². The highest BCUT2D eigenvalue weighted by molar-refractivity contribution is 5.97. The zero-order valence-corrected chi connectivity index (χ0v) is 11.5. The van der Waals surface area contributed by atoms with Crippen molar-refractivity contribution in [3.8, 4) is 0 Å². The summed E-state index contributed by atoms with van der Waals surface area (Å²) >= 11 is 0. The van der Waals surface area contributed by atoms with Crippen molar-refractivity contribution in [3.05, 3.63) is 12.7 Å². The number of carbonyl (C=O) groups excluding carboxylic acids is 1. The van der Waals surface area contributed by atoms with Gasteiger partial charge in [-0.25, -0.2) is 4.79 Å². The van der Waals surface area contributed by atoms with Crippen molar-refractivity contribution in [1.29, 1.82) is 0 Å². The number of carbonyl (C=O) groups is 1. The van der Waals surface area contributed by atoms with Crippen LogP contribution in [0.5, 0.6) is 0 Å². The number of rotatable bonds is 9. The first kappa shape index (κ1) is 14.3. The van der Waals surface area contributed by atoms with Gasteiger partial charge in [0, 0.05) is 6.08 Å². The molecule has 0 N–H and O–H groups in total. The van der Waals surface area contributed by atoms with Crippen molar-refractivity contribution in [2.75, 3.05) is 19.8 Å². The van der Waals surface area contributed by atoms with E-state index in [0.717, 1.165) is 23.3 Å². The second kappa shape index (κ2) is 9.89. The minimum absolute atomic E-state index is 0.184. The first-order valence-electron chi connectivity index (χ1n) is 5.10. The largest absolute Gasteiger partial charge is 0.463 e. The predicted octanol–water partition coefficient (Wildman–Crippen LogP) is 0.198. The molecule has 0 radical (unpaired) electrons. The molecule has 0 aliphatic rings. The lowest BCUT2D eigenvalue weighted by Crippen LogP contribution is -2.13. The molecule has 88 valence electrons. The van der Waals surface area contributed by atoms with E-state index < -0.39 is 0 Å². The van der Waals surface area contributed by atoms with Gasteiger partial charge in [-0.3, -0.25) is 0 Å². The molecule has 0 saturated carbocycles. The summed E-state index contributed by atoms with van der Waals surface area (Å²) in [7, 11) is 0.754. The minimum Gasteiger partial charge on any atom is -0.463 e. The molecule has 0 saturated heterocycles. The first-order chi connectivity index (χ1) is 7.20. The summed E-state index contributed by atoms with van der Waals surface area (Å²) in [4.78, 5) is 10.7. The van der Waals surface area contributed by atoms with E-state index in [2.05, 4.69) is 6.58 Å². The maximum atomic E-state index is 10.7. The third-order valence-electron chi connectivity index (χ3n) is 1.86. The Hall–Kier alpha value is -0.653. The molecule has 0 aliphatic carbocycles. The maximum absolute atomic E-state index is 10.7. The monoisotopic (exact) mass is 232 g/mol. The first-order valence-corrected chi connectivity index (χ1v) is 5.92. The number of ether oxygens (including phenoxy) is 2. The van der Waals surface area contributed by atoms with Crippen molar-refractivity contribution in [2.45, 2.75) is 25.9 Å². The molecule has 4 nitrogen and oxygen atoms in total. The lowest BCUT2D eigenvalue weighted by molar-refractivity contribution is -0.138. The van der Waals surface area contributed by atoms with Gasteiger partial charge in [0.1, 0.15) is 10.5 Å². The molecule has 0 aromatic heterocycles. The third kappa shape index (κ3) is 9.65. The minimum atomic E-state index is -0.368. The van der Waals surface area contributed by atoms with Crippen LogP contribution in [0, 0.1) is 0 Å². The van der Waals surface area contributed by atoms with Gasteiger partial charge in [0.15, 0.2) is 0 Å². The Bertz CT molecular complexity index is 184. The Balaban J connectivity index is 3.26. The van der Waals surface area contributed by atoms with Crippen LogP contribution in [0.2, 0.25) is 0 Å². The van der Waals surface area contributed by atoms with Crippen LogP contribution in [0.3, 0.4) is 0 Å². The summed E-state index contributed by atoms with van der Waals surface area (Å²) < 4.78 is 15.3. The average molecular weight is 232 g/mol. The molecule has 0 aromatic carbocycles. The van der Waals surface area contributed by atoms with Gasteiger partial charge >= 0.3 is 5.97 Å². The second-order valence-electron chi connectivity index (χ2n) is 3.19. The predicted molar refractivity (Wildman–Crippen MR) is 61.7 cm³/mol. The number of hydrogen-bond donors (Lipinski definition) is 0. The molecule has 0 aliphatic heterocycles. The van der Waals surface area contributed by atoms with E-state index in [4.69, 9.17) is 13.9 Å². The molecule has 0 heterocycles. The Morgan fingerprint density at radius 1 is 1.47 bits per heavy atom. The number of hydrogen-bond acceptors (Lipinski definition) is 4. The standard InChI is InChI=1S/C10H20O4Si/c1-3-10(11)13-6-4-5-9(2)12-7-8-14-15/h3,9H,1,4-8H2,2,15H3. The Morgan fingerprint density at radius 3 is 2.80 bits per heavy atom. The highest BCUT2D eigenvalue weighted by Crippen LogP contribution is 2.01. The normalized spacial score (nSPS) is 12.3. The molecule has 0 spiro atoms. The van der Waals surface area contributed by atoms with E-state index in [1.54, 1.807) is 0 Å². The maximum Gasteiger partial charge on any atom is 0.330 e. The molecule has 0 fully saturated rings. The summed E-state index contributed by atoms with van der Waals surface area (Å²) in [6.07, 6.45) is 3.04. The number of esters is 1. The zero-order chi connectivity index (χ0) is 11.5. The zero-order valence-electron chi connectivity index (χ0n) is 9.53. The van der Waals surface area contributed by atoms with E-state index in [-0.39, 0.29) is 12.1 Å². The fourth-order valence-corrected chi connectivity index (χ4v) is 1.19. The molecule has 0 bridgehead atoms. The molecule has 0 aromatic rings. The van der Waals surface area contributed by atoms with Crippen LogP contribution < -0.4 is 0 Å². The average Bonchev–Trinajstić information content (AvgIpc) is 2.24. The van der Waals surface area contributed by atoms with Gasteiger partial charge in [0.05, 0.1) is 25.9 Å². The molecule has 0 rings (SSSR count). The Labute approximate surface area is 94.1 Å². The second-order valence-corrected chi connectivity index (χ2v) is 3.77. The van der Waals surface area contributed by atoms with Gasteiger partial charge in [-0.1, -0.05) is 6.58 Å². The summed E-state index contributed by atoms with van der Waals surface area (Å²) in [5, 5.41) is 0. The van der Waals surface area contributed by atoms with E-state index in [1.807, 2.05) is 6.92 Å². The van der Waals surface area contributed by atoms with Crippen LogP contribution in [0.4, 0.5) is 0 Å².